The van der Waals surface area contributed by atoms with Gasteiger partial charge in [-0.1, -0.05) is 6.92 Å². The number of aromatic nitrogens is 1. The summed E-state index contributed by atoms with van der Waals surface area (Å²) < 4.78 is 0. The van der Waals surface area contributed by atoms with Gasteiger partial charge >= 0.3 is 0 Å². The normalized spacial score (nSPS) is 16.7. The molecule has 2 aromatic heterocycles. The van der Waals surface area contributed by atoms with Crippen molar-refractivity contribution in [3.05, 3.63) is 51.5 Å². The van der Waals surface area contributed by atoms with E-state index < -0.39 is 0 Å². The Hall–Kier alpha value is -2.21. The standard InChI is InChI=1S/C16H17N3O2S/c1-10-4-5-13-12(7-10)8-14(22-13)16(21)19-18-15(20)11-3-2-6-17-9-11/h2-3,6,8-10H,4-5,7H2,1H3,(H,18,20)(H,19,21). The summed E-state index contributed by atoms with van der Waals surface area (Å²) in [6, 6.07) is 5.26. The van der Waals surface area contributed by atoms with E-state index in [2.05, 4.69) is 22.8 Å². The number of nitrogens with zero attached hydrogens (tertiary/aromatic N) is 1. The number of hydrogen-bond acceptors (Lipinski definition) is 4. The molecule has 2 heterocycles. The fourth-order valence-corrected chi connectivity index (χ4v) is 3.67. The SMILES string of the molecule is CC1CCc2sc(C(=O)NNC(=O)c3cccnc3)cc2C1. The van der Waals surface area contributed by atoms with Crippen LogP contribution in [0.3, 0.4) is 0 Å². The zero-order chi connectivity index (χ0) is 15.5. The Morgan fingerprint density at radius 2 is 2.14 bits per heavy atom. The minimum absolute atomic E-state index is 0.274. The third-order valence-electron chi connectivity index (χ3n) is 3.77. The number of amides is 2. The molecule has 1 atom stereocenters. The Kier molecular flexibility index (Phi) is 4.20. The molecule has 2 amide bonds. The third kappa shape index (κ3) is 3.17. The first-order valence-electron chi connectivity index (χ1n) is 7.26. The second kappa shape index (κ2) is 6.27. The number of hydrazine groups is 1. The molecule has 2 N–H and O–H groups in total. The van der Waals surface area contributed by atoms with E-state index in [-0.39, 0.29) is 11.8 Å². The van der Waals surface area contributed by atoms with Crippen LogP contribution in [0.15, 0.2) is 30.6 Å². The lowest BCUT2D eigenvalue weighted by molar-refractivity contribution is 0.0848. The van der Waals surface area contributed by atoms with Gasteiger partial charge in [-0.3, -0.25) is 25.4 Å². The smallest absolute Gasteiger partial charge is 0.267 e. The van der Waals surface area contributed by atoms with Crippen LogP contribution < -0.4 is 10.9 Å². The van der Waals surface area contributed by atoms with Crippen molar-refractivity contribution in [2.45, 2.75) is 26.2 Å². The minimum atomic E-state index is -0.378. The monoisotopic (exact) mass is 315 g/mol. The van der Waals surface area contributed by atoms with Crippen molar-refractivity contribution in [3.8, 4) is 0 Å². The molecule has 0 bridgehead atoms. The Morgan fingerprint density at radius 3 is 2.91 bits per heavy atom. The summed E-state index contributed by atoms with van der Waals surface area (Å²) in [6.07, 6.45) is 6.28. The van der Waals surface area contributed by atoms with Crippen LogP contribution in [-0.2, 0) is 12.8 Å². The molecule has 1 unspecified atom stereocenters. The number of nitrogens with one attached hydrogen (secondary N) is 2. The fraction of sp³-hybridized carbons (Fsp3) is 0.312. The number of pyridine rings is 1. The first kappa shape index (κ1) is 14.7. The summed E-state index contributed by atoms with van der Waals surface area (Å²) >= 11 is 1.52. The lowest BCUT2D eigenvalue weighted by Crippen LogP contribution is -2.41. The van der Waals surface area contributed by atoms with E-state index in [0.29, 0.717) is 16.4 Å². The quantitative estimate of drug-likeness (QED) is 0.836. The molecule has 1 aliphatic rings. The number of fused-ring (bicyclic) bond motifs is 1. The Morgan fingerprint density at radius 1 is 1.32 bits per heavy atom. The molecule has 6 heteroatoms. The number of carbonyl (C=O) groups excluding carboxylic acids is 2. The number of rotatable bonds is 2. The van der Waals surface area contributed by atoms with Crippen LogP contribution in [0.1, 0.15) is 43.8 Å². The van der Waals surface area contributed by atoms with Crippen LogP contribution in [0.5, 0.6) is 0 Å². The molecule has 0 aromatic carbocycles. The zero-order valence-corrected chi connectivity index (χ0v) is 13.1. The molecule has 114 valence electrons. The van der Waals surface area contributed by atoms with Crippen molar-refractivity contribution in [1.29, 1.82) is 0 Å². The van der Waals surface area contributed by atoms with Crippen LogP contribution in [0, 0.1) is 5.92 Å². The molecule has 22 heavy (non-hydrogen) atoms. The van der Waals surface area contributed by atoms with Crippen molar-refractivity contribution in [3.63, 3.8) is 0 Å². The summed E-state index contributed by atoms with van der Waals surface area (Å²) in [5.74, 6) is 0.0176. The molecule has 2 aromatic rings. The number of thiophene rings is 1. The molecule has 0 fully saturated rings. The van der Waals surface area contributed by atoms with E-state index in [9.17, 15) is 9.59 Å². The van der Waals surface area contributed by atoms with Gasteiger partial charge in [0.15, 0.2) is 0 Å². The maximum absolute atomic E-state index is 12.1. The lowest BCUT2D eigenvalue weighted by atomic mass is 9.90. The minimum Gasteiger partial charge on any atom is -0.267 e. The first-order chi connectivity index (χ1) is 10.6. The number of carbonyl (C=O) groups is 2. The molecule has 1 aliphatic carbocycles. The maximum atomic E-state index is 12.1. The Labute approximate surface area is 132 Å². The molecule has 0 aliphatic heterocycles. The van der Waals surface area contributed by atoms with E-state index in [1.165, 1.54) is 34.4 Å². The van der Waals surface area contributed by atoms with Crippen LogP contribution in [0.2, 0.25) is 0 Å². The highest BCUT2D eigenvalue weighted by atomic mass is 32.1. The van der Waals surface area contributed by atoms with Crippen molar-refractivity contribution in [1.82, 2.24) is 15.8 Å². The highest BCUT2D eigenvalue weighted by Crippen LogP contribution is 2.32. The van der Waals surface area contributed by atoms with Crippen molar-refractivity contribution in [2.24, 2.45) is 5.92 Å². The van der Waals surface area contributed by atoms with Gasteiger partial charge in [0.2, 0.25) is 0 Å². The van der Waals surface area contributed by atoms with Gasteiger partial charge in [-0.15, -0.1) is 11.3 Å². The first-order valence-corrected chi connectivity index (χ1v) is 8.07. The summed E-state index contributed by atoms with van der Waals surface area (Å²) in [4.78, 5) is 29.8. The van der Waals surface area contributed by atoms with Gasteiger partial charge in [-0.2, -0.15) is 0 Å². The largest absolute Gasteiger partial charge is 0.279 e. The van der Waals surface area contributed by atoms with Gasteiger partial charge in [0.25, 0.3) is 11.8 Å². The van der Waals surface area contributed by atoms with Crippen LogP contribution in [0.4, 0.5) is 0 Å². The van der Waals surface area contributed by atoms with Gasteiger partial charge in [-0.25, -0.2) is 0 Å². The predicted molar refractivity (Wildman–Crippen MR) is 84.7 cm³/mol. The average Bonchev–Trinajstić information content (AvgIpc) is 2.96. The summed E-state index contributed by atoms with van der Waals surface area (Å²) in [6.45, 7) is 2.23. The highest BCUT2D eigenvalue weighted by molar-refractivity contribution is 7.14. The molecule has 0 radical (unpaired) electrons. The van der Waals surface area contributed by atoms with Crippen LogP contribution in [0.25, 0.3) is 0 Å². The molecular weight excluding hydrogens is 298 g/mol. The van der Waals surface area contributed by atoms with E-state index in [1.54, 1.807) is 18.3 Å². The maximum Gasteiger partial charge on any atom is 0.279 e. The Bertz CT molecular complexity index is 697. The van der Waals surface area contributed by atoms with Crippen molar-refractivity contribution < 1.29 is 9.59 Å². The van der Waals surface area contributed by atoms with Crippen LogP contribution >= 0.6 is 11.3 Å². The summed E-state index contributed by atoms with van der Waals surface area (Å²) in [5, 5.41) is 0. The third-order valence-corrected chi connectivity index (χ3v) is 5.00. The summed E-state index contributed by atoms with van der Waals surface area (Å²) in [5.41, 5.74) is 6.55. The van der Waals surface area contributed by atoms with Crippen molar-refractivity contribution >= 4 is 23.2 Å². The highest BCUT2D eigenvalue weighted by Gasteiger charge is 2.20. The lowest BCUT2D eigenvalue weighted by Gasteiger charge is -2.16. The predicted octanol–water partition coefficient (Wildman–Crippen LogP) is 2.34. The van der Waals surface area contributed by atoms with Gasteiger partial charge in [0.05, 0.1) is 10.4 Å². The van der Waals surface area contributed by atoms with Gasteiger partial charge < -0.3 is 0 Å². The number of hydrogen-bond donors (Lipinski definition) is 2. The molecule has 5 nitrogen and oxygen atoms in total. The molecule has 3 rings (SSSR count). The second-order valence-electron chi connectivity index (χ2n) is 5.56. The van der Waals surface area contributed by atoms with Crippen molar-refractivity contribution in [2.75, 3.05) is 0 Å². The zero-order valence-electron chi connectivity index (χ0n) is 12.3. The topological polar surface area (TPSA) is 71.1 Å². The van der Waals surface area contributed by atoms with E-state index in [0.717, 1.165) is 12.8 Å². The van der Waals surface area contributed by atoms with E-state index in [4.69, 9.17) is 0 Å². The molecule has 0 saturated carbocycles. The molecule has 0 saturated heterocycles. The Balaban J connectivity index is 1.62. The van der Waals surface area contributed by atoms with Crippen LogP contribution in [-0.4, -0.2) is 16.8 Å². The van der Waals surface area contributed by atoms with E-state index in [1.807, 2.05) is 6.07 Å². The van der Waals surface area contributed by atoms with Gasteiger partial charge in [0, 0.05) is 17.3 Å². The van der Waals surface area contributed by atoms with E-state index >= 15 is 0 Å². The molecule has 0 spiro atoms. The van der Waals surface area contributed by atoms with Gasteiger partial charge in [0.1, 0.15) is 0 Å². The molecular formula is C16H17N3O2S. The van der Waals surface area contributed by atoms with Gasteiger partial charge in [-0.05, 0) is 48.9 Å². The average molecular weight is 315 g/mol. The second-order valence-corrected chi connectivity index (χ2v) is 6.69. The number of aryl methyl sites for hydroxylation is 1. The fourth-order valence-electron chi connectivity index (χ4n) is 2.56. The summed E-state index contributed by atoms with van der Waals surface area (Å²) in [7, 11) is 0.